The molecule has 0 amide bonds. The van der Waals surface area contributed by atoms with E-state index in [0.29, 0.717) is 58.8 Å². The predicted octanol–water partition coefficient (Wildman–Crippen LogP) is 6.87. The molecule has 9 rings (SSSR count). The number of carbonyl (C=O) groups is 1. The zero-order valence-corrected chi connectivity index (χ0v) is 29.7. The van der Waals surface area contributed by atoms with E-state index in [9.17, 15) is 14.0 Å². The summed E-state index contributed by atoms with van der Waals surface area (Å²) in [5.74, 6) is 3.80. The molecule has 4 saturated carbocycles. The highest BCUT2D eigenvalue weighted by atomic mass is 19.1. The largest absolute Gasteiger partial charge is 0.491 e. The van der Waals surface area contributed by atoms with Crippen LogP contribution in [0.15, 0.2) is 47.5 Å². The molecular weight excluding hydrogens is 647 g/mol. The lowest BCUT2D eigenvalue weighted by Gasteiger charge is -2.60. The van der Waals surface area contributed by atoms with Gasteiger partial charge in [-0.2, -0.15) is 10.2 Å². The molecule has 11 heteroatoms. The number of aryl methyl sites for hydroxylation is 1. The molecule has 10 nitrogen and oxygen atoms in total. The quantitative estimate of drug-likeness (QED) is 0.201. The molecular formula is C40H47FN6O4. The number of aromatic nitrogens is 5. The number of ether oxygens (including phenoxy) is 2. The van der Waals surface area contributed by atoms with Gasteiger partial charge in [0.05, 0.1) is 35.8 Å². The Hall–Kier alpha value is -4.12. The van der Waals surface area contributed by atoms with Crippen molar-refractivity contribution in [3.63, 3.8) is 0 Å². The Morgan fingerprint density at radius 2 is 1.80 bits per heavy atom. The van der Waals surface area contributed by atoms with Crippen molar-refractivity contribution in [1.29, 1.82) is 0 Å². The molecule has 2 N–H and O–H groups in total. The zero-order valence-electron chi connectivity index (χ0n) is 29.7. The molecule has 0 bridgehead atoms. The van der Waals surface area contributed by atoms with Gasteiger partial charge in [-0.1, -0.05) is 26.0 Å². The molecule has 4 aliphatic carbocycles. The highest BCUT2D eigenvalue weighted by molar-refractivity contribution is 5.97. The second kappa shape index (κ2) is 12.2. The average Bonchev–Trinajstić information content (AvgIpc) is 3.70. The number of nitrogens with one attached hydrogen (secondary N) is 2. The van der Waals surface area contributed by atoms with Crippen LogP contribution in [0.4, 0.5) is 10.1 Å². The highest BCUT2D eigenvalue weighted by Crippen LogP contribution is 2.66. The first-order valence-corrected chi connectivity index (χ1v) is 18.8. The van der Waals surface area contributed by atoms with Crippen molar-refractivity contribution < 1.29 is 18.7 Å². The van der Waals surface area contributed by atoms with E-state index in [1.807, 2.05) is 31.3 Å². The number of hydrogen-bond acceptors (Lipinski definition) is 8. The number of H-pyrrole nitrogens is 1. The predicted molar refractivity (Wildman–Crippen MR) is 190 cm³/mol. The second-order valence-corrected chi connectivity index (χ2v) is 16.5. The van der Waals surface area contributed by atoms with Crippen LogP contribution in [-0.2, 0) is 16.6 Å². The van der Waals surface area contributed by atoms with Crippen molar-refractivity contribution >= 4 is 22.2 Å². The number of benzene rings is 2. The van der Waals surface area contributed by atoms with Gasteiger partial charge in [-0.15, -0.1) is 0 Å². The van der Waals surface area contributed by atoms with Gasteiger partial charge in [-0.25, -0.2) is 14.5 Å². The van der Waals surface area contributed by atoms with Crippen molar-refractivity contribution in [2.75, 3.05) is 18.5 Å². The van der Waals surface area contributed by atoms with Crippen molar-refractivity contribution in [2.45, 2.75) is 89.7 Å². The third-order valence-corrected chi connectivity index (χ3v) is 14.2. The summed E-state index contributed by atoms with van der Waals surface area (Å²) < 4.78 is 29.2. The van der Waals surface area contributed by atoms with Crippen LogP contribution in [0.25, 0.3) is 10.8 Å². The van der Waals surface area contributed by atoms with Crippen LogP contribution in [0.5, 0.6) is 5.75 Å². The van der Waals surface area contributed by atoms with Crippen LogP contribution in [0.2, 0.25) is 0 Å². The van der Waals surface area contributed by atoms with Crippen molar-refractivity contribution in [3.05, 3.63) is 76.0 Å². The number of Topliss-reactive ketones (excluding diaryl/α,β-unsaturated/α-hetero) is 1. The Kier molecular flexibility index (Phi) is 7.87. The van der Waals surface area contributed by atoms with Gasteiger partial charge >= 0.3 is 0 Å². The Bertz CT molecular complexity index is 2050. The van der Waals surface area contributed by atoms with E-state index >= 15 is 0 Å². The summed E-state index contributed by atoms with van der Waals surface area (Å²) in [6.07, 6.45) is 11.7. The van der Waals surface area contributed by atoms with E-state index in [4.69, 9.17) is 9.47 Å². The molecule has 0 spiro atoms. The van der Waals surface area contributed by atoms with Crippen LogP contribution in [0.1, 0.15) is 101 Å². The Morgan fingerprint density at radius 3 is 2.61 bits per heavy atom. The maximum Gasteiger partial charge on any atom is 0.272 e. The molecule has 0 radical (unpaired) electrons. The molecule has 268 valence electrons. The van der Waals surface area contributed by atoms with E-state index in [-0.39, 0.29) is 22.9 Å². The number of fused-ring (bicyclic) bond motifs is 5. The van der Waals surface area contributed by atoms with Gasteiger partial charge in [0.2, 0.25) is 0 Å². The van der Waals surface area contributed by atoms with Gasteiger partial charge in [0.15, 0.2) is 0 Å². The fourth-order valence-electron chi connectivity index (χ4n) is 11.6. The number of carbonyl (C=O) groups excluding carboxylic acids is 1. The van der Waals surface area contributed by atoms with Gasteiger partial charge in [-0.3, -0.25) is 14.3 Å². The molecule has 3 heterocycles. The van der Waals surface area contributed by atoms with E-state index in [1.165, 1.54) is 50.6 Å². The molecule has 51 heavy (non-hydrogen) atoms. The van der Waals surface area contributed by atoms with E-state index in [1.54, 1.807) is 4.68 Å². The minimum absolute atomic E-state index is 0.205. The molecule has 0 saturated heterocycles. The first kappa shape index (κ1) is 32.8. The zero-order chi connectivity index (χ0) is 35.1. The van der Waals surface area contributed by atoms with Crippen LogP contribution in [-0.4, -0.2) is 50.1 Å². The number of hydrogen-bond donors (Lipinski definition) is 2. The molecule has 4 aromatic rings. The fourth-order valence-corrected chi connectivity index (χ4v) is 11.6. The number of halogens is 1. The number of rotatable bonds is 7. The Balaban J connectivity index is 0.861. The lowest BCUT2D eigenvalue weighted by molar-refractivity contribution is -0.145. The molecule has 9 atom stereocenters. The lowest BCUT2D eigenvalue weighted by atomic mass is 9.45. The van der Waals surface area contributed by atoms with Crippen molar-refractivity contribution in [3.8, 4) is 5.75 Å². The summed E-state index contributed by atoms with van der Waals surface area (Å²) in [6.45, 7) is 6.00. The molecule has 1 aliphatic heterocycles. The van der Waals surface area contributed by atoms with Gasteiger partial charge < -0.3 is 14.8 Å². The van der Waals surface area contributed by atoms with Crippen molar-refractivity contribution in [2.24, 2.45) is 41.5 Å². The summed E-state index contributed by atoms with van der Waals surface area (Å²) in [4.78, 5) is 29.4. The van der Waals surface area contributed by atoms with Crippen molar-refractivity contribution in [1.82, 2.24) is 25.0 Å². The number of nitrogens with zero attached hydrogens (tertiary/aromatic N) is 4. The second-order valence-electron chi connectivity index (χ2n) is 16.5. The summed E-state index contributed by atoms with van der Waals surface area (Å²) in [7, 11) is 1.82. The maximum absolute atomic E-state index is 14.7. The highest BCUT2D eigenvalue weighted by Gasteiger charge is 2.60. The monoisotopic (exact) mass is 694 g/mol. The number of anilines is 1. The third-order valence-electron chi connectivity index (χ3n) is 14.2. The minimum Gasteiger partial charge on any atom is -0.491 e. The fraction of sp³-hybridized carbons (Fsp3) is 0.575. The number of ketones is 1. The summed E-state index contributed by atoms with van der Waals surface area (Å²) in [5.41, 5.74) is 2.16. The summed E-state index contributed by atoms with van der Waals surface area (Å²) in [6, 6.07) is 10.2. The van der Waals surface area contributed by atoms with Crippen LogP contribution in [0, 0.1) is 40.3 Å². The average molecular weight is 695 g/mol. The van der Waals surface area contributed by atoms with E-state index in [0.717, 1.165) is 48.8 Å². The molecule has 2 unspecified atom stereocenters. The summed E-state index contributed by atoms with van der Waals surface area (Å²) in [5, 5.41) is 15.6. The lowest BCUT2D eigenvalue weighted by Crippen LogP contribution is -2.54. The SMILES string of the molecule is Cn1ncnc1C1c2n[nH]c(=O)c3cc(F)cc(c23)NC1c1ccc(OCCO[C@H]2CC[C@H]3[C@@H]4CC[C@H]5CC(=O)CC[C@]5(C)[C@H]4CC[C@]23C)cc1. The van der Waals surface area contributed by atoms with E-state index < -0.39 is 17.3 Å². The molecule has 5 aliphatic rings. The minimum atomic E-state index is -0.496. The smallest absolute Gasteiger partial charge is 0.272 e. The molecule has 2 aromatic carbocycles. The van der Waals surface area contributed by atoms with Gasteiger partial charge in [0.1, 0.15) is 36.1 Å². The molecule has 4 fully saturated rings. The Morgan fingerprint density at radius 1 is 0.980 bits per heavy atom. The standard InChI is InChI=1S/C40H47FN6O4/c1-39-14-12-25(48)18-23(39)6-9-27-29-10-11-32(40(29,2)15-13-30(27)39)51-17-16-50-26-7-4-22(5-8-26)35-34(37-42-21-43-47(37)3)36-33-28(38(49)46-45-36)19-24(41)20-31(33)44-35/h4-5,7-8,19-21,23,27,29-30,32,34-35,44H,6,9-18H2,1-3H3,(H,46,49)/t23-,27-,29-,30-,32-,34?,35?,39-,40-/m0/s1. The molecule has 2 aromatic heterocycles. The maximum atomic E-state index is 14.7. The van der Waals surface area contributed by atoms with Crippen LogP contribution in [0.3, 0.4) is 0 Å². The third kappa shape index (κ3) is 5.24. The van der Waals surface area contributed by atoms with Crippen LogP contribution >= 0.6 is 0 Å². The normalized spacial score (nSPS) is 34.0. The van der Waals surface area contributed by atoms with Gasteiger partial charge in [0, 0.05) is 31.0 Å². The van der Waals surface area contributed by atoms with Gasteiger partial charge in [-0.05, 0) is 109 Å². The summed E-state index contributed by atoms with van der Waals surface area (Å²) >= 11 is 0. The number of aromatic amines is 1. The first-order valence-electron chi connectivity index (χ1n) is 18.8. The van der Waals surface area contributed by atoms with Gasteiger partial charge in [0.25, 0.3) is 5.56 Å². The van der Waals surface area contributed by atoms with E-state index in [2.05, 4.69) is 39.4 Å². The van der Waals surface area contributed by atoms with Crippen LogP contribution < -0.4 is 15.6 Å². The topological polar surface area (TPSA) is 124 Å². The first-order chi connectivity index (χ1) is 24.6. The Labute approximate surface area is 296 Å².